The molecular formula is C22H21ClN2O3S2. The van der Waals surface area contributed by atoms with Crippen LogP contribution in [0.4, 0.5) is 5.69 Å². The van der Waals surface area contributed by atoms with Crippen molar-refractivity contribution in [1.29, 1.82) is 0 Å². The van der Waals surface area contributed by atoms with E-state index in [1.54, 1.807) is 0 Å². The number of aryl methyl sites for hydroxylation is 1. The van der Waals surface area contributed by atoms with Gasteiger partial charge in [0.2, 0.25) is 5.91 Å². The minimum absolute atomic E-state index is 0.0539. The Morgan fingerprint density at radius 2 is 2.00 bits per heavy atom. The van der Waals surface area contributed by atoms with Gasteiger partial charge in [-0.1, -0.05) is 66.8 Å². The van der Waals surface area contributed by atoms with Crippen LogP contribution in [-0.4, -0.2) is 32.7 Å². The first-order chi connectivity index (χ1) is 14.4. The summed E-state index contributed by atoms with van der Waals surface area (Å²) in [6.45, 7) is 2.45. The van der Waals surface area contributed by atoms with Gasteiger partial charge in [0.15, 0.2) is 0 Å². The number of aromatic hydroxyl groups is 1. The van der Waals surface area contributed by atoms with E-state index in [1.165, 1.54) is 40.4 Å². The number of hydrogen-bond acceptors (Lipinski definition) is 5. The zero-order valence-electron chi connectivity index (χ0n) is 16.4. The van der Waals surface area contributed by atoms with Crippen molar-refractivity contribution in [1.82, 2.24) is 4.90 Å². The second-order valence-electron chi connectivity index (χ2n) is 6.74. The molecule has 2 aromatic carbocycles. The Bertz CT molecular complexity index is 1010. The lowest BCUT2D eigenvalue weighted by molar-refractivity contribution is -0.122. The summed E-state index contributed by atoms with van der Waals surface area (Å²) in [5.74, 6) is -0.469. The SMILES string of the molecule is CCc1ccc(/C=C2\SC(=S)N(CCCC(=O)Nc3cc(Cl)ccc3O)C2=O)cc1. The minimum atomic E-state index is -0.274. The van der Waals surface area contributed by atoms with E-state index >= 15 is 0 Å². The average molecular weight is 461 g/mol. The van der Waals surface area contributed by atoms with Gasteiger partial charge in [-0.15, -0.1) is 0 Å². The average Bonchev–Trinajstić information content (AvgIpc) is 2.98. The predicted octanol–water partition coefficient (Wildman–Crippen LogP) is 5.23. The van der Waals surface area contributed by atoms with Gasteiger partial charge >= 0.3 is 0 Å². The van der Waals surface area contributed by atoms with Crippen LogP contribution >= 0.6 is 35.6 Å². The third-order valence-electron chi connectivity index (χ3n) is 4.58. The van der Waals surface area contributed by atoms with Crippen molar-refractivity contribution >= 4 is 63.5 Å². The smallest absolute Gasteiger partial charge is 0.266 e. The highest BCUT2D eigenvalue weighted by atomic mass is 35.5. The molecule has 0 atom stereocenters. The van der Waals surface area contributed by atoms with Crippen LogP contribution < -0.4 is 5.32 Å². The van der Waals surface area contributed by atoms with Crippen molar-refractivity contribution in [2.24, 2.45) is 0 Å². The van der Waals surface area contributed by atoms with E-state index in [-0.39, 0.29) is 29.7 Å². The number of benzene rings is 2. The Morgan fingerprint density at radius 3 is 2.70 bits per heavy atom. The second-order valence-corrected chi connectivity index (χ2v) is 8.85. The first kappa shape index (κ1) is 22.3. The summed E-state index contributed by atoms with van der Waals surface area (Å²) in [4.78, 5) is 27.0. The molecule has 0 radical (unpaired) electrons. The number of thiocarbonyl (C=S) groups is 1. The lowest BCUT2D eigenvalue weighted by Gasteiger charge is -2.14. The molecule has 0 aliphatic carbocycles. The summed E-state index contributed by atoms with van der Waals surface area (Å²) >= 11 is 12.5. The van der Waals surface area contributed by atoms with E-state index in [1.807, 2.05) is 30.3 Å². The number of amides is 2. The molecule has 5 nitrogen and oxygen atoms in total. The highest BCUT2D eigenvalue weighted by molar-refractivity contribution is 8.26. The van der Waals surface area contributed by atoms with Crippen molar-refractivity contribution in [3.05, 3.63) is 63.5 Å². The Balaban J connectivity index is 1.54. The van der Waals surface area contributed by atoms with Crippen molar-refractivity contribution in [3.63, 3.8) is 0 Å². The van der Waals surface area contributed by atoms with Crippen LogP contribution in [-0.2, 0) is 16.0 Å². The maximum Gasteiger partial charge on any atom is 0.266 e. The molecular weight excluding hydrogens is 440 g/mol. The van der Waals surface area contributed by atoms with Crippen LogP contribution in [0.15, 0.2) is 47.4 Å². The van der Waals surface area contributed by atoms with E-state index in [0.717, 1.165) is 12.0 Å². The molecule has 3 rings (SSSR count). The lowest BCUT2D eigenvalue weighted by Crippen LogP contribution is -2.29. The zero-order valence-corrected chi connectivity index (χ0v) is 18.7. The summed E-state index contributed by atoms with van der Waals surface area (Å²) < 4.78 is 0.490. The maximum atomic E-state index is 12.7. The number of nitrogens with zero attached hydrogens (tertiary/aromatic N) is 1. The number of thioether (sulfide) groups is 1. The van der Waals surface area contributed by atoms with Crippen molar-refractivity contribution < 1.29 is 14.7 Å². The van der Waals surface area contributed by atoms with E-state index in [9.17, 15) is 14.7 Å². The minimum Gasteiger partial charge on any atom is -0.506 e. The van der Waals surface area contributed by atoms with Crippen LogP contribution in [0.25, 0.3) is 6.08 Å². The number of hydrogen-bond donors (Lipinski definition) is 2. The number of carbonyl (C=O) groups is 2. The number of phenolic OH excluding ortho intramolecular Hbond substituents is 1. The van der Waals surface area contributed by atoms with Crippen molar-refractivity contribution in [3.8, 4) is 5.75 Å². The Labute approximate surface area is 190 Å². The molecule has 1 heterocycles. The first-order valence-corrected chi connectivity index (χ1v) is 11.1. The molecule has 2 N–H and O–H groups in total. The summed E-state index contributed by atoms with van der Waals surface area (Å²) in [5.41, 5.74) is 2.45. The number of anilines is 1. The first-order valence-electron chi connectivity index (χ1n) is 9.50. The summed E-state index contributed by atoms with van der Waals surface area (Å²) in [6.07, 6.45) is 3.43. The normalized spacial score (nSPS) is 15.1. The van der Waals surface area contributed by atoms with Gasteiger partial charge in [0.05, 0.1) is 10.6 Å². The molecule has 1 fully saturated rings. The van der Waals surface area contributed by atoms with Gasteiger partial charge in [-0.25, -0.2) is 0 Å². The molecule has 30 heavy (non-hydrogen) atoms. The molecule has 0 aromatic heterocycles. The number of nitrogens with one attached hydrogen (secondary N) is 1. The quantitative estimate of drug-likeness (QED) is 0.336. The van der Waals surface area contributed by atoms with E-state index in [0.29, 0.717) is 27.2 Å². The largest absolute Gasteiger partial charge is 0.506 e. The fourth-order valence-electron chi connectivity index (χ4n) is 2.91. The summed E-state index contributed by atoms with van der Waals surface area (Å²) in [7, 11) is 0. The molecule has 156 valence electrons. The molecule has 0 unspecified atom stereocenters. The van der Waals surface area contributed by atoms with Gasteiger partial charge in [-0.05, 0) is 48.2 Å². The number of halogens is 1. The van der Waals surface area contributed by atoms with Crippen molar-refractivity contribution in [2.75, 3.05) is 11.9 Å². The highest BCUT2D eigenvalue weighted by Crippen LogP contribution is 2.33. The maximum absolute atomic E-state index is 12.7. The predicted molar refractivity (Wildman–Crippen MR) is 127 cm³/mol. The highest BCUT2D eigenvalue weighted by Gasteiger charge is 2.31. The van der Waals surface area contributed by atoms with Gasteiger partial charge in [0, 0.05) is 18.0 Å². The van der Waals surface area contributed by atoms with Crippen LogP contribution in [0.2, 0.25) is 5.02 Å². The number of carbonyl (C=O) groups excluding carboxylic acids is 2. The van der Waals surface area contributed by atoms with Gasteiger partial charge in [0.25, 0.3) is 5.91 Å². The van der Waals surface area contributed by atoms with Gasteiger partial charge < -0.3 is 10.4 Å². The molecule has 1 aliphatic heterocycles. The fourth-order valence-corrected chi connectivity index (χ4v) is 4.39. The summed E-state index contributed by atoms with van der Waals surface area (Å²) in [6, 6.07) is 12.5. The fraction of sp³-hybridized carbons (Fsp3) is 0.227. The lowest BCUT2D eigenvalue weighted by atomic mass is 10.1. The third-order valence-corrected chi connectivity index (χ3v) is 6.19. The Morgan fingerprint density at radius 1 is 1.27 bits per heavy atom. The Kier molecular flexibility index (Phi) is 7.53. The van der Waals surface area contributed by atoms with Gasteiger partial charge in [0.1, 0.15) is 10.1 Å². The van der Waals surface area contributed by atoms with Crippen LogP contribution in [0, 0.1) is 0 Å². The van der Waals surface area contributed by atoms with Crippen LogP contribution in [0.1, 0.15) is 30.9 Å². The second kappa shape index (κ2) is 10.1. The van der Waals surface area contributed by atoms with Crippen molar-refractivity contribution in [2.45, 2.75) is 26.2 Å². The number of rotatable bonds is 7. The molecule has 2 amide bonds. The molecule has 1 aliphatic rings. The van der Waals surface area contributed by atoms with E-state index in [4.69, 9.17) is 23.8 Å². The molecule has 0 saturated carbocycles. The molecule has 0 spiro atoms. The van der Waals surface area contributed by atoms with E-state index < -0.39 is 0 Å². The summed E-state index contributed by atoms with van der Waals surface area (Å²) in [5, 5.41) is 12.8. The third kappa shape index (κ3) is 5.62. The zero-order chi connectivity index (χ0) is 21.7. The molecule has 2 aromatic rings. The van der Waals surface area contributed by atoms with Crippen LogP contribution in [0.3, 0.4) is 0 Å². The number of phenols is 1. The van der Waals surface area contributed by atoms with Gasteiger partial charge in [-0.2, -0.15) is 0 Å². The molecule has 1 saturated heterocycles. The molecule has 8 heteroatoms. The monoisotopic (exact) mass is 460 g/mol. The standard InChI is InChI=1S/C22H21ClN2O3S2/c1-2-14-5-7-15(8-6-14)12-19-21(28)25(22(29)30-19)11-3-4-20(27)24-17-13-16(23)9-10-18(17)26/h5-10,12-13,26H,2-4,11H2,1H3,(H,24,27)/b19-12-. The topological polar surface area (TPSA) is 69.6 Å². The van der Waals surface area contributed by atoms with Gasteiger partial charge in [-0.3, -0.25) is 14.5 Å². The molecule has 0 bridgehead atoms. The van der Waals surface area contributed by atoms with Crippen LogP contribution in [0.5, 0.6) is 5.75 Å². The van der Waals surface area contributed by atoms with E-state index in [2.05, 4.69) is 12.2 Å². The Hall–Kier alpha value is -2.35.